The van der Waals surface area contributed by atoms with Crippen LogP contribution in [0, 0.1) is 24.2 Å². The van der Waals surface area contributed by atoms with E-state index in [1.165, 1.54) is 6.08 Å². The fourth-order valence-corrected chi connectivity index (χ4v) is 7.73. The van der Waals surface area contributed by atoms with Crippen LogP contribution in [0.15, 0.2) is 77.8 Å². The van der Waals surface area contributed by atoms with Crippen molar-refractivity contribution in [3.05, 3.63) is 83.4 Å². The van der Waals surface area contributed by atoms with Gasteiger partial charge in [-0.25, -0.2) is 14.6 Å². The standard InChI is InChI=1S/C33H28N6O4S/c1-20-7-2-4-9-26(20)43-27-10-5-3-8-24(27)39-25-15-17-35-31-29(25)23(36-32(39)41)19-44(31)33(42)38-18-6-11-28(38)37-30(40)22(14-16-34)21-12-13-21/h2-5,7-10,14-15,17,19,21,28H,6,11-13,18H2,1H3,(H-,36,37,40,41)/p+1/b22-14+/t28-,44?/m1/s1. The molecule has 2 aliphatic heterocycles. The summed E-state index contributed by atoms with van der Waals surface area (Å²) in [5.74, 6) is 1.01. The number of pyridine rings is 1. The van der Waals surface area contributed by atoms with Gasteiger partial charge in [0.05, 0.1) is 17.4 Å². The van der Waals surface area contributed by atoms with Gasteiger partial charge in [0.1, 0.15) is 33.5 Å². The van der Waals surface area contributed by atoms with Crippen molar-refractivity contribution in [1.82, 2.24) is 15.2 Å². The lowest BCUT2D eigenvalue weighted by Gasteiger charge is -2.28. The van der Waals surface area contributed by atoms with Crippen molar-refractivity contribution in [3.8, 4) is 17.6 Å². The molecule has 1 unspecified atom stereocenters. The van der Waals surface area contributed by atoms with Crippen LogP contribution in [0.1, 0.15) is 31.2 Å². The van der Waals surface area contributed by atoms with Gasteiger partial charge in [0.15, 0.2) is 11.1 Å². The molecule has 1 aliphatic carbocycles. The normalized spacial score (nSPS) is 18.2. The molecule has 2 fully saturated rings. The van der Waals surface area contributed by atoms with Gasteiger partial charge in [0, 0.05) is 24.4 Å². The average Bonchev–Trinajstić information content (AvgIpc) is 3.65. The molecule has 11 heteroatoms. The van der Waals surface area contributed by atoms with E-state index in [2.05, 4.69) is 15.6 Å². The van der Waals surface area contributed by atoms with E-state index in [-0.39, 0.29) is 23.1 Å². The number of anilines is 3. The van der Waals surface area contributed by atoms with Crippen LogP contribution in [0.4, 0.5) is 26.7 Å². The number of aryl methyl sites for hydroxylation is 1. The van der Waals surface area contributed by atoms with E-state index in [9.17, 15) is 14.4 Å². The maximum atomic E-state index is 14.0. The van der Waals surface area contributed by atoms with Gasteiger partial charge in [-0.05, 0) is 68.4 Å². The second kappa shape index (κ2) is 11.1. The molecular weight excluding hydrogens is 576 g/mol. The number of nitrogens with zero attached hydrogens (tertiary/aromatic N) is 4. The van der Waals surface area contributed by atoms with Crippen LogP contribution < -0.4 is 20.3 Å². The van der Waals surface area contributed by atoms with E-state index >= 15 is 0 Å². The first-order valence-corrected chi connectivity index (χ1v) is 15.8. The van der Waals surface area contributed by atoms with E-state index < -0.39 is 16.6 Å². The summed E-state index contributed by atoms with van der Waals surface area (Å²) in [6, 6.07) is 18.4. The molecule has 1 saturated carbocycles. The predicted molar refractivity (Wildman–Crippen MR) is 168 cm³/mol. The number of aromatic nitrogens is 1. The van der Waals surface area contributed by atoms with E-state index in [0.29, 0.717) is 57.3 Å². The highest BCUT2D eigenvalue weighted by Gasteiger charge is 2.42. The van der Waals surface area contributed by atoms with Crippen molar-refractivity contribution in [2.75, 3.05) is 16.8 Å². The summed E-state index contributed by atoms with van der Waals surface area (Å²) in [4.78, 5) is 49.2. The van der Waals surface area contributed by atoms with E-state index in [1.54, 1.807) is 27.4 Å². The number of likely N-dealkylation sites (tertiary alicyclic amines) is 1. The second-order valence-corrected chi connectivity index (χ2v) is 12.7. The van der Waals surface area contributed by atoms with Crippen LogP contribution >= 0.6 is 10.5 Å². The van der Waals surface area contributed by atoms with Gasteiger partial charge in [-0.2, -0.15) is 5.26 Å². The summed E-state index contributed by atoms with van der Waals surface area (Å²) >= 11 is 0. The number of carbonyl (C=O) groups excluding carboxylic acids is 3. The lowest BCUT2D eigenvalue weighted by atomic mass is 10.1. The zero-order valence-corrected chi connectivity index (χ0v) is 24.8. The number of ether oxygens (including phenoxy) is 1. The summed E-state index contributed by atoms with van der Waals surface area (Å²) in [5.41, 5.74) is 3.15. The van der Waals surface area contributed by atoms with E-state index in [1.807, 2.05) is 61.5 Å². The number of rotatable bonds is 7. The molecule has 2 N–H and O–H groups in total. The number of hydrogen-bond donors (Lipinski definition) is 2. The third-order valence-electron chi connectivity index (χ3n) is 8.19. The highest BCUT2D eigenvalue weighted by molar-refractivity contribution is 7.54. The number of urea groups is 1. The molecule has 0 radical (unpaired) electrons. The Labute approximate surface area is 256 Å². The third kappa shape index (κ3) is 4.83. The molecule has 220 valence electrons. The molecule has 4 aromatic rings. The van der Waals surface area contributed by atoms with Crippen LogP contribution in [0.2, 0.25) is 0 Å². The largest absolute Gasteiger partial charge is 0.462 e. The van der Waals surface area contributed by atoms with Crippen molar-refractivity contribution in [2.45, 2.75) is 38.8 Å². The number of allylic oxidation sites excluding steroid dienone is 1. The van der Waals surface area contributed by atoms with Crippen molar-refractivity contribution in [3.63, 3.8) is 0 Å². The van der Waals surface area contributed by atoms with Crippen LogP contribution in [0.5, 0.6) is 11.5 Å². The Hall–Kier alpha value is -5.21. The molecule has 4 heterocycles. The van der Waals surface area contributed by atoms with Gasteiger partial charge in [-0.15, -0.1) is 0 Å². The molecule has 3 aliphatic rings. The van der Waals surface area contributed by atoms with Gasteiger partial charge in [0.25, 0.3) is 4.83 Å². The third-order valence-corrected chi connectivity index (χ3v) is 9.99. The zero-order chi connectivity index (χ0) is 30.4. The van der Waals surface area contributed by atoms with Crippen molar-refractivity contribution in [1.29, 1.82) is 5.26 Å². The summed E-state index contributed by atoms with van der Waals surface area (Å²) in [7, 11) is -1.09. The molecular formula is C33H29N6O4S+. The van der Waals surface area contributed by atoms with Crippen molar-refractivity contribution >= 4 is 54.9 Å². The second-order valence-electron chi connectivity index (χ2n) is 11.1. The van der Waals surface area contributed by atoms with E-state index in [0.717, 1.165) is 24.8 Å². The Morgan fingerprint density at radius 3 is 2.64 bits per heavy atom. The first kappa shape index (κ1) is 27.6. The maximum Gasteiger partial charge on any atom is 0.462 e. The molecule has 4 amide bonds. The van der Waals surface area contributed by atoms with Gasteiger partial charge in [-0.1, -0.05) is 30.3 Å². The fraction of sp³-hybridized carbons (Fsp3) is 0.242. The quantitative estimate of drug-likeness (QED) is 0.131. The highest BCUT2D eigenvalue weighted by atomic mass is 32.2. The smallest absolute Gasteiger partial charge is 0.455 e. The van der Waals surface area contributed by atoms with Crippen LogP contribution in [-0.4, -0.2) is 39.8 Å². The molecule has 1 saturated heterocycles. The maximum absolute atomic E-state index is 14.0. The Bertz CT molecular complexity index is 1910. The Balaban J connectivity index is 1.22. The minimum atomic E-state index is -1.09. The monoisotopic (exact) mass is 605 g/mol. The summed E-state index contributed by atoms with van der Waals surface area (Å²) in [6.07, 6.45) is 5.60. The number of hydrogen-bond acceptors (Lipinski definition) is 6. The SMILES string of the molecule is Cc1ccccc1Oc1ccccc1N1C(=O)Nc2c[s+](C(=O)N3CCC[C@@H]3NC(=O)/C(=C/C#N)C3CC3)c3nccc1c23. The van der Waals surface area contributed by atoms with Crippen LogP contribution in [0.3, 0.4) is 0 Å². The number of thiophene rings is 1. The van der Waals surface area contributed by atoms with Gasteiger partial charge < -0.3 is 15.4 Å². The lowest BCUT2D eigenvalue weighted by Crippen LogP contribution is -2.46. The number of nitrogens with one attached hydrogen (secondary N) is 2. The molecule has 2 atom stereocenters. The molecule has 2 aromatic carbocycles. The highest BCUT2D eigenvalue weighted by Crippen LogP contribution is 2.49. The van der Waals surface area contributed by atoms with E-state index in [4.69, 9.17) is 10.00 Å². The molecule has 0 bridgehead atoms. The Kier molecular flexibility index (Phi) is 6.98. The molecule has 7 rings (SSSR count). The minimum absolute atomic E-state index is 0.109. The van der Waals surface area contributed by atoms with Gasteiger partial charge in [-0.3, -0.25) is 14.6 Å². The average molecular weight is 606 g/mol. The molecule has 0 spiro atoms. The first-order chi connectivity index (χ1) is 21.4. The topological polar surface area (TPSA) is 128 Å². The molecule has 10 nitrogen and oxygen atoms in total. The van der Waals surface area contributed by atoms with Gasteiger partial charge in [0.2, 0.25) is 5.91 Å². The number of carbonyl (C=O) groups is 3. The zero-order valence-electron chi connectivity index (χ0n) is 23.9. The first-order valence-electron chi connectivity index (χ1n) is 14.5. The molecule has 44 heavy (non-hydrogen) atoms. The van der Waals surface area contributed by atoms with Crippen LogP contribution in [-0.2, 0) is 4.79 Å². The summed E-state index contributed by atoms with van der Waals surface area (Å²) < 4.78 is 6.28. The number of benzene rings is 2. The van der Waals surface area contributed by atoms with Crippen molar-refractivity contribution in [2.24, 2.45) is 5.92 Å². The Morgan fingerprint density at radius 1 is 1.09 bits per heavy atom. The molecule has 2 aromatic heterocycles. The number of nitriles is 1. The number of amides is 4. The predicted octanol–water partition coefficient (Wildman–Crippen LogP) is 7.13. The minimum Gasteiger partial charge on any atom is -0.455 e. The fourth-order valence-electron chi connectivity index (χ4n) is 5.86. The van der Waals surface area contributed by atoms with Crippen molar-refractivity contribution < 1.29 is 19.1 Å². The van der Waals surface area contributed by atoms with Gasteiger partial charge >= 0.3 is 11.3 Å². The summed E-state index contributed by atoms with van der Waals surface area (Å²) in [6.45, 7) is 2.45. The number of para-hydroxylation sites is 3. The van der Waals surface area contributed by atoms with Crippen LogP contribution in [0.25, 0.3) is 10.2 Å². The Morgan fingerprint density at radius 2 is 1.86 bits per heavy atom. The summed E-state index contributed by atoms with van der Waals surface area (Å²) in [5, 5.41) is 17.4. The lowest BCUT2D eigenvalue weighted by molar-refractivity contribution is -0.119.